The number of hydrogen-bond acceptors (Lipinski definition) is 2. The van der Waals surface area contributed by atoms with E-state index in [4.69, 9.17) is 33.0 Å². The van der Waals surface area contributed by atoms with Crippen LogP contribution in [0.5, 0.6) is 0 Å². The number of halogens is 5. The Balaban J connectivity index is 2.67. The van der Waals surface area contributed by atoms with Gasteiger partial charge in [0.25, 0.3) is 0 Å². The van der Waals surface area contributed by atoms with Crippen molar-refractivity contribution in [1.29, 1.82) is 0 Å². The fourth-order valence-electron chi connectivity index (χ4n) is 2.74. The SMILES string of the molecule is CCC(OCC(=O)O)(c1ccc(Cl)cc1)c1ccc(Cl)c(C(F)(F)F)c1. The average Bonchev–Trinajstić information content (AvgIpc) is 2.57. The van der Waals surface area contributed by atoms with E-state index in [1.807, 2.05) is 0 Å². The van der Waals surface area contributed by atoms with Crippen molar-refractivity contribution in [3.8, 4) is 0 Å². The van der Waals surface area contributed by atoms with Gasteiger partial charge >= 0.3 is 12.1 Å². The van der Waals surface area contributed by atoms with Gasteiger partial charge in [-0.2, -0.15) is 13.2 Å². The summed E-state index contributed by atoms with van der Waals surface area (Å²) in [5.41, 5.74) is -1.77. The van der Waals surface area contributed by atoms with E-state index in [0.29, 0.717) is 10.6 Å². The van der Waals surface area contributed by atoms with Crippen LogP contribution in [0.4, 0.5) is 13.2 Å². The minimum Gasteiger partial charge on any atom is -0.480 e. The first-order chi connectivity index (χ1) is 12.1. The highest BCUT2D eigenvalue weighted by molar-refractivity contribution is 6.31. The lowest BCUT2D eigenvalue weighted by Gasteiger charge is -2.34. The zero-order valence-electron chi connectivity index (χ0n) is 13.6. The Kier molecular flexibility index (Phi) is 6.21. The van der Waals surface area contributed by atoms with Crippen molar-refractivity contribution in [3.63, 3.8) is 0 Å². The maximum Gasteiger partial charge on any atom is 0.417 e. The van der Waals surface area contributed by atoms with Crippen LogP contribution in [-0.2, 0) is 21.3 Å². The Morgan fingerprint density at radius 3 is 2.15 bits per heavy atom. The van der Waals surface area contributed by atoms with E-state index in [1.54, 1.807) is 31.2 Å². The molecule has 0 radical (unpaired) electrons. The molecule has 2 aromatic carbocycles. The van der Waals surface area contributed by atoms with Gasteiger partial charge in [0.1, 0.15) is 12.2 Å². The van der Waals surface area contributed by atoms with Gasteiger partial charge < -0.3 is 9.84 Å². The van der Waals surface area contributed by atoms with Gasteiger partial charge in [-0.15, -0.1) is 0 Å². The predicted molar refractivity (Wildman–Crippen MR) is 92.6 cm³/mol. The molecule has 0 saturated carbocycles. The number of hydrogen-bond donors (Lipinski definition) is 1. The molecule has 3 nitrogen and oxygen atoms in total. The van der Waals surface area contributed by atoms with Gasteiger partial charge in [0.2, 0.25) is 0 Å². The van der Waals surface area contributed by atoms with E-state index < -0.39 is 34.9 Å². The summed E-state index contributed by atoms with van der Waals surface area (Å²) < 4.78 is 45.4. The Morgan fingerprint density at radius 2 is 1.65 bits per heavy atom. The number of carboxylic acid groups (broad SMARTS) is 1. The molecule has 0 aliphatic carbocycles. The van der Waals surface area contributed by atoms with E-state index in [0.717, 1.165) is 12.1 Å². The van der Waals surface area contributed by atoms with Crippen molar-refractivity contribution in [2.75, 3.05) is 6.61 Å². The molecule has 0 aliphatic rings. The molecule has 1 atom stereocenters. The second kappa shape index (κ2) is 7.86. The van der Waals surface area contributed by atoms with Crippen LogP contribution in [0.1, 0.15) is 30.0 Å². The van der Waals surface area contributed by atoms with Crippen LogP contribution in [-0.4, -0.2) is 17.7 Å². The Hall–Kier alpha value is -1.76. The zero-order valence-corrected chi connectivity index (χ0v) is 15.1. The summed E-state index contributed by atoms with van der Waals surface area (Å²) in [6, 6.07) is 9.73. The molecule has 1 unspecified atom stereocenters. The molecule has 0 aromatic heterocycles. The van der Waals surface area contributed by atoms with Gasteiger partial charge in [0, 0.05) is 5.02 Å². The second-order valence-electron chi connectivity index (χ2n) is 5.56. The van der Waals surface area contributed by atoms with E-state index in [-0.39, 0.29) is 12.0 Å². The molecule has 0 amide bonds. The number of benzene rings is 2. The zero-order chi connectivity index (χ0) is 19.5. The Bertz CT molecular complexity index is 791. The van der Waals surface area contributed by atoms with E-state index in [9.17, 15) is 18.0 Å². The molecule has 0 spiro atoms. The normalized spacial score (nSPS) is 14.1. The van der Waals surface area contributed by atoms with E-state index in [2.05, 4.69) is 0 Å². The molecule has 0 fully saturated rings. The van der Waals surface area contributed by atoms with Gasteiger partial charge in [0.15, 0.2) is 0 Å². The number of carbonyl (C=O) groups is 1. The van der Waals surface area contributed by atoms with Crippen molar-refractivity contribution >= 4 is 29.2 Å². The van der Waals surface area contributed by atoms with E-state index >= 15 is 0 Å². The lowest BCUT2D eigenvalue weighted by atomic mass is 9.83. The third kappa shape index (κ3) is 4.31. The van der Waals surface area contributed by atoms with Crippen molar-refractivity contribution in [2.45, 2.75) is 25.1 Å². The summed E-state index contributed by atoms with van der Waals surface area (Å²) >= 11 is 11.6. The van der Waals surface area contributed by atoms with Gasteiger partial charge in [-0.1, -0.05) is 48.3 Å². The summed E-state index contributed by atoms with van der Waals surface area (Å²) in [5, 5.41) is 8.98. The summed E-state index contributed by atoms with van der Waals surface area (Å²) in [6.07, 6.45) is -4.46. The highest BCUT2D eigenvalue weighted by Crippen LogP contribution is 2.42. The number of carboxylic acids is 1. The van der Waals surface area contributed by atoms with Crippen LogP contribution in [0.3, 0.4) is 0 Å². The highest BCUT2D eigenvalue weighted by Gasteiger charge is 2.39. The number of alkyl halides is 3. The monoisotopic (exact) mass is 406 g/mol. The van der Waals surface area contributed by atoms with Crippen LogP contribution < -0.4 is 0 Å². The summed E-state index contributed by atoms with van der Waals surface area (Å²) in [4.78, 5) is 11.0. The molecule has 0 bridgehead atoms. The summed E-state index contributed by atoms with van der Waals surface area (Å²) in [5.74, 6) is -1.23. The predicted octanol–water partition coefficient (Wildman–Crippen LogP) is 5.77. The minimum atomic E-state index is -4.65. The van der Waals surface area contributed by atoms with Gasteiger partial charge in [-0.3, -0.25) is 0 Å². The molecule has 8 heteroatoms. The fourth-order valence-corrected chi connectivity index (χ4v) is 3.09. The fraction of sp³-hybridized carbons (Fsp3) is 0.278. The quantitative estimate of drug-likeness (QED) is 0.662. The largest absolute Gasteiger partial charge is 0.480 e. The molecule has 2 aromatic rings. The number of aliphatic carboxylic acids is 1. The minimum absolute atomic E-state index is 0.153. The topological polar surface area (TPSA) is 46.5 Å². The summed E-state index contributed by atoms with van der Waals surface area (Å²) in [6.45, 7) is 1.01. The van der Waals surface area contributed by atoms with Crippen molar-refractivity contribution in [3.05, 3.63) is 69.2 Å². The van der Waals surface area contributed by atoms with Gasteiger partial charge in [0.05, 0.1) is 10.6 Å². The standard InChI is InChI=1S/C18H15Cl2F3O3/c1-2-17(26-10-16(24)25,11-3-6-13(19)7-4-11)12-5-8-15(20)14(9-12)18(21,22)23/h3-9H,2,10H2,1H3,(H,24,25). The first-order valence-corrected chi connectivity index (χ1v) is 8.34. The third-order valence-electron chi connectivity index (χ3n) is 3.99. The van der Waals surface area contributed by atoms with Crippen LogP contribution in [0, 0.1) is 0 Å². The summed E-state index contributed by atoms with van der Waals surface area (Å²) in [7, 11) is 0. The van der Waals surface area contributed by atoms with Gasteiger partial charge in [-0.25, -0.2) is 4.79 Å². The van der Waals surface area contributed by atoms with Crippen LogP contribution in [0.25, 0.3) is 0 Å². The maximum atomic E-state index is 13.3. The lowest BCUT2D eigenvalue weighted by Crippen LogP contribution is -2.33. The highest BCUT2D eigenvalue weighted by atomic mass is 35.5. The van der Waals surface area contributed by atoms with E-state index in [1.165, 1.54) is 6.07 Å². The molecule has 26 heavy (non-hydrogen) atoms. The van der Waals surface area contributed by atoms with Crippen LogP contribution in [0.15, 0.2) is 42.5 Å². The Labute approximate surface area is 158 Å². The molecule has 1 N–H and O–H groups in total. The molecular weight excluding hydrogens is 392 g/mol. The van der Waals surface area contributed by atoms with Gasteiger partial charge in [-0.05, 0) is 41.8 Å². The molecule has 0 heterocycles. The van der Waals surface area contributed by atoms with Crippen molar-refractivity contribution in [2.24, 2.45) is 0 Å². The second-order valence-corrected chi connectivity index (χ2v) is 6.41. The molecule has 0 aliphatic heterocycles. The average molecular weight is 407 g/mol. The van der Waals surface area contributed by atoms with Crippen molar-refractivity contribution < 1.29 is 27.8 Å². The molecule has 140 valence electrons. The maximum absolute atomic E-state index is 13.3. The van der Waals surface area contributed by atoms with Crippen LogP contribution >= 0.6 is 23.2 Å². The smallest absolute Gasteiger partial charge is 0.417 e. The van der Waals surface area contributed by atoms with Crippen LogP contribution in [0.2, 0.25) is 10.0 Å². The number of ether oxygens (including phenoxy) is 1. The molecule has 0 saturated heterocycles. The molecule has 2 rings (SSSR count). The third-order valence-corrected chi connectivity index (χ3v) is 4.57. The first-order valence-electron chi connectivity index (χ1n) is 7.59. The Morgan fingerprint density at radius 1 is 1.08 bits per heavy atom. The molecular formula is C18H15Cl2F3O3. The lowest BCUT2D eigenvalue weighted by molar-refractivity contribution is -0.148. The van der Waals surface area contributed by atoms with Crippen molar-refractivity contribution in [1.82, 2.24) is 0 Å². The number of rotatable bonds is 6. The first kappa shape index (κ1) is 20.6.